The number of aryl methyl sites for hydroxylation is 1. The maximum absolute atomic E-state index is 6.45. The van der Waals surface area contributed by atoms with Crippen LogP contribution in [0.25, 0.3) is 10.8 Å². The average Bonchev–Trinajstić information content (AvgIpc) is 3.72. The van der Waals surface area contributed by atoms with E-state index in [9.17, 15) is 0 Å². The molecule has 2 aromatic carbocycles. The lowest BCUT2D eigenvalue weighted by molar-refractivity contribution is 0.107. The van der Waals surface area contributed by atoms with Crippen LogP contribution in [0, 0.1) is 0 Å². The van der Waals surface area contributed by atoms with Gasteiger partial charge >= 0.3 is 6.01 Å². The first kappa shape index (κ1) is 24.8. The number of hydrogen-bond donors (Lipinski definition) is 1. The molecule has 2 saturated heterocycles. The third-order valence-electron chi connectivity index (χ3n) is 8.94. The van der Waals surface area contributed by atoms with Gasteiger partial charge in [-0.1, -0.05) is 37.3 Å². The molecule has 3 aliphatic rings. The van der Waals surface area contributed by atoms with E-state index in [4.69, 9.17) is 14.7 Å². The lowest BCUT2D eigenvalue weighted by Crippen LogP contribution is -2.43. The maximum atomic E-state index is 6.45. The van der Waals surface area contributed by atoms with Crippen molar-refractivity contribution in [1.82, 2.24) is 19.2 Å². The molecule has 0 saturated carbocycles. The molecule has 202 valence electrons. The number of nitrogens with zero attached hydrogens (tertiary/aromatic N) is 5. The van der Waals surface area contributed by atoms with E-state index >= 15 is 0 Å². The van der Waals surface area contributed by atoms with Crippen LogP contribution in [0.4, 0.5) is 11.5 Å². The summed E-state index contributed by atoms with van der Waals surface area (Å²) in [7, 11) is 0. The number of aromatic nitrogens is 3. The van der Waals surface area contributed by atoms with Crippen LogP contribution in [0.3, 0.4) is 0 Å². The molecule has 7 rings (SSSR count). The third kappa shape index (κ3) is 4.63. The summed E-state index contributed by atoms with van der Waals surface area (Å²) in [5.41, 5.74) is 5.13. The van der Waals surface area contributed by atoms with Gasteiger partial charge in [0.05, 0.1) is 24.3 Å². The van der Waals surface area contributed by atoms with Gasteiger partial charge in [0.1, 0.15) is 12.4 Å². The van der Waals surface area contributed by atoms with E-state index in [2.05, 4.69) is 68.9 Å². The Morgan fingerprint density at radius 3 is 2.67 bits per heavy atom. The molecule has 0 atom stereocenters. The van der Waals surface area contributed by atoms with Crippen molar-refractivity contribution >= 4 is 33.8 Å². The molecule has 0 radical (unpaired) electrons. The molecule has 1 N–H and O–H groups in total. The van der Waals surface area contributed by atoms with Gasteiger partial charge in [-0.2, -0.15) is 9.97 Å². The van der Waals surface area contributed by atoms with Crippen molar-refractivity contribution in [3.8, 4) is 6.01 Å². The topological polar surface area (TPSA) is 66.4 Å². The second kappa shape index (κ2) is 10.4. The van der Waals surface area contributed by atoms with E-state index in [0.717, 1.165) is 37.4 Å². The van der Waals surface area contributed by atoms with Gasteiger partial charge in [0.2, 0.25) is 0 Å². The highest BCUT2D eigenvalue weighted by atomic mass is 32.1. The van der Waals surface area contributed by atoms with Gasteiger partial charge in [0, 0.05) is 34.3 Å². The SMILES string of the molecule is CCc1cccc2cccc(N3CCc4c(nc(OCC56CCCN5CCC6)nc4NCc4ccns4)C3)c12. The fourth-order valence-electron chi connectivity index (χ4n) is 6.94. The van der Waals surface area contributed by atoms with Gasteiger partial charge in [0.15, 0.2) is 0 Å². The monoisotopic (exact) mass is 540 g/mol. The number of fused-ring (bicyclic) bond motifs is 3. The summed E-state index contributed by atoms with van der Waals surface area (Å²) < 4.78 is 10.7. The summed E-state index contributed by atoms with van der Waals surface area (Å²) in [5.74, 6) is 0.905. The zero-order valence-electron chi connectivity index (χ0n) is 22.7. The second-order valence-electron chi connectivity index (χ2n) is 11.1. The van der Waals surface area contributed by atoms with Crippen molar-refractivity contribution in [3.05, 3.63) is 70.4 Å². The minimum absolute atomic E-state index is 0.168. The van der Waals surface area contributed by atoms with Gasteiger partial charge in [-0.25, -0.2) is 4.37 Å². The number of hydrogen-bond acceptors (Lipinski definition) is 8. The quantitative estimate of drug-likeness (QED) is 0.302. The number of nitrogens with one attached hydrogen (secondary N) is 1. The first-order valence-corrected chi connectivity index (χ1v) is 15.2. The fourth-order valence-corrected chi connectivity index (χ4v) is 7.46. The molecule has 8 heteroatoms. The summed E-state index contributed by atoms with van der Waals surface area (Å²) in [6, 6.07) is 15.9. The predicted octanol–water partition coefficient (Wildman–Crippen LogP) is 5.83. The highest BCUT2D eigenvalue weighted by Crippen LogP contribution is 2.39. The predicted molar refractivity (Wildman–Crippen MR) is 158 cm³/mol. The van der Waals surface area contributed by atoms with E-state index in [1.165, 1.54) is 82.8 Å². The van der Waals surface area contributed by atoms with E-state index in [1.54, 1.807) is 0 Å². The van der Waals surface area contributed by atoms with Crippen LogP contribution in [0.5, 0.6) is 6.01 Å². The Balaban J connectivity index is 1.21. The molecule has 0 bridgehead atoms. The van der Waals surface area contributed by atoms with Crippen molar-refractivity contribution in [2.45, 2.75) is 64.1 Å². The maximum Gasteiger partial charge on any atom is 0.318 e. The molecular formula is C31H36N6OS. The molecule has 3 aliphatic heterocycles. The Labute approximate surface area is 234 Å². The highest BCUT2D eigenvalue weighted by Gasteiger charge is 2.45. The average molecular weight is 541 g/mol. The van der Waals surface area contributed by atoms with Crippen molar-refractivity contribution in [2.75, 3.05) is 36.5 Å². The molecule has 0 amide bonds. The van der Waals surface area contributed by atoms with Gasteiger partial charge in [-0.3, -0.25) is 4.90 Å². The fraction of sp³-hybridized carbons (Fsp3) is 0.452. The Bertz CT molecular complexity index is 1460. The van der Waals surface area contributed by atoms with E-state index in [-0.39, 0.29) is 5.54 Å². The standard InChI is InChI=1S/C31H36N6OS/c1-2-22-7-3-8-23-9-4-10-27(28(22)23)36-18-12-25-26(20-36)34-30(35-29(25)32-19-24-11-15-33-39-24)38-21-31-13-5-16-37(31)17-6-14-31/h3-4,7-11,15H,2,5-6,12-14,16-21H2,1H3,(H,32,34,35). The zero-order chi connectivity index (χ0) is 26.2. The van der Waals surface area contributed by atoms with Crippen molar-refractivity contribution < 1.29 is 4.74 Å². The van der Waals surface area contributed by atoms with Crippen molar-refractivity contribution in [2.24, 2.45) is 0 Å². The number of benzene rings is 2. The molecule has 7 nitrogen and oxygen atoms in total. The van der Waals surface area contributed by atoms with Gasteiger partial charge in [-0.05, 0) is 86.2 Å². The highest BCUT2D eigenvalue weighted by molar-refractivity contribution is 7.05. The smallest absolute Gasteiger partial charge is 0.318 e. The van der Waals surface area contributed by atoms with Crippen LogP contribution in [-0.4, -0.2) is 51.0 Å². The second-order valence-corrected chi connectivity index (χ2v) is 12.1. The van der Waals surface area contributed by atoms with Gasteiger partial charge in [-0.15, -0.1) is 0 Å². The molecule has 5 heterocycles. The lowest BCUT2D eigenvalue weighted by atomic mass is 9.95. The third-order valence-corrected chi connectivity index (χ3v) is 9.68. The largest absolute Gasteiger partial charge is 0.461 e. The number of ether oxygens (including phenoxy) is 1. The first-order chi connectivity index (χ1) is 19.2. The molecule has 0 aliphatic carbocycles. The number of rotatable bonds is 8. The van der Waals surface area contributed by atoms with Gasteiger partial charge < -0.3 is 15.0 Å². The Hall–Kier alpha value is -3.23. The normalized spacial score (nSPS) is 18.3. The molecular weight excluding hydrogens is 504 g/mol. The molecule has 2 fully saturated rings. The Kier molecular flexibility index (Phi) is 6.60. The molecule has 39 heavy (non-hydrogen) atoms. The van der Waals surface area contributed by atoms with Crippen molar-refractivity contribution in [3.63, 3.8) is 0 Å². The molecule has 2 aromatic heterocycles. The lowest BCUT2D eigenvalue weighted by Gasteiger charge is -2.33. The first-order valence-electron chi connectivity index (χ1n) is 14.4. The Morgan fingerprint density at radius 1 is 1.03 bits per heavy atom. The summed E-state index contributed by atoms with van der Waals surface area (Å²) in [6.07, 6.45) is 8.70. The van der Waals surface area contributed by atoms with Crippen LogP contribution < -0.4 is 15.0 Å². The van der Waals surface area contributed by atoms with Crippen LogP contribution >= 0.6 is 11.5 Å². The minimum Gasteiger partial charge on any atom is -0.461 e. The Morgan fingerprint density at radius 2 is 1.87 bits per heavy atom. The molecule has 4 aromatic rings. The van der Waals surface area contributed by atoms with E-state index < -0.39 is 0 Å². The number of anilines is 2. The van der Waals surface area contributed by atoms with Gasteiger partial charge in [0.25, 0.3) is 0 Å². The molecule has 0 spiro atoms. The minimum atomic E-state index is 0.168. The summed E-state index contributed by atoms with van der Waals surface area (Å²) >= 11 is 1.52. The zero-order valence-corrected chi connectivity index (χ0v) is 23.5. The summed E-state index contributed by atoms with van der Waals surface area (Å²) in [5, 5.41) is 6.26. The molecule has 0 unspecified atom stereocenters. The van der Waals surface area contributed by atoms with Crippen LogP contribution in [0.1, 0.15) is 54.3 Å². The van der Waals surface area contributed by atoms with E-state index in [0.29, 0.717) is 19.2 Å². The van der Waals surface area contributed by atoms with E-state index in [1.807, 2.05) is 6.20 Å². The van der Waals surface area contributed by atoms with Crippen LogP contribution in [0.15, 0.2) is 48.7 Å². The summed E-state index contributed by atoms with van der Waals surface area (Å²) in [6.45, 7) is 7.68. The van der Waals surface area contributed by atoms with Crippen molar-refractivity contribution in [1.29, 1.82) is 0 Å². The van der Waals surface area contributed by atoms with Crippen LogP contribution in [0.2, 0.25) is 0 Å². The summed E-state index contributed by atoms with van der Waals surface area (Å²) in [4.78, 5) is 16.3. The van der Waals surface area contributed by atoms with Crippen LogP contribution in [-0.2, 0) is 25.9 Å².